The minimum absolute atomic E-state index is 0.197. The van der Waals surface area contributed by atoms with E-state index >= 15 is 0 Å². The van der Waals surface area contributed by atoms with Crippen molar-refractivity contribution in [2.45, 2.75) is 26.0 Å². The number of benzene rings is 2. The second kappa shape index (κ2) is 9.18. The van der Waals surface area contributed by atoms with Gasteiger partial charge >= 0.3 is 0 Å². The lowest BCUT2D eigenvalue weighted by atomic mass is 10.2. The minimum Gasteiger partial charge on any atom is -0.493 e. The van der Waals surface area contributed by atoms with Crippen LogP contribution in [0.5, 0.6) is 17.2 Å². The minimum atomic E-state index is -0.611. The highest BCUT2D eigenvalue weighted by molar-refractivity contribution is 6.32. The van der Waals surface area contributed by atoms with Gasteiger partial charge < -0.3 is 19.5 Å². The lowest BCUT2D eigenvalue weighted by Crippen LogP contribution is -2.37. The molecular formula is C19H22ClNO4. The molecule has 0 spiro atoms. The molecule has 0 saturated heterocycles. The molecule has 0 heterocycles. The van der Waals surface area contributed by atoms with Gasteiger partial charge in [0, 0.05) is 6.54 Å². The molecule has 0 radical (unpaired) electrons. The second-order valence-corrected chi connectivity index (χ2v) is 5.76. The molecule has 2 aromatic carbocycles. The van der Waals surface area contributed by atoms with Crippen LogP contribution in [0, 0.1) is 0 Å². The van der Waals surface area contributed by atoms with Gasteiger partial charge in [0.15, 0.2) is 17.6 Å². The van der Waals surface area contributed by atoms with Crippen LogP contribution in [0.15, 0.2) is 42.5 Å². The lowest BCUT2D eigenvalue weighted by Gasteiger charge is -2.18. The van der Waals surface area contributed by atoms with Gasteiger partial charge in [-0.1, -0.05) is 36.7 Å². The van der Waals surface area contributed by atoms with Gasteiger partial charge in [-0.2, -0.15) is 0 Å². The fourth-order valence-electron chi connectivity index (χ4n) is 2.31. The topological polar surface area (TPSA) is 56.8 Å². The largest absolute Gasteiger partial charge is 0.493 e. The molecule has 6 heteroatoms. The smallest absolute Gasteiger partial charge is 0.261 e. The molecular weight excluding hydrogens is 342 g/mol. The number of methoxy groups -OCH3 is 2. The van der Waals surface area contributed by atoms with Crippen LogP contribution in [0.3, 0.4) is 0 Å². The first-order valence-electron chi connectivity index (χ1n) is 7.98. The molecule has 5 nitrogen and oxygen atoms in total. The highest BCUT2D eigenvalue weighted by Gasteiger charge is 2.19. The average Bonchev–Trinajstić information content (AvgIpc) is 2.65. The molecule has 1 atom stereocenters. The van der Waals surface area contributed by atoms with Crippen molar-refractivity contribution < 1.29 is 19.0 Å². The van der Waals surface area contributed by atoms with E-state index in [2.05, 4.69) is 5.32 Å². The van der Waals surface area contributed by atoms with Gasteiger partial charge in [-0.3, -0.25) is 4.79 Å². The van der Waals surface area contributed by atoms with E-state index in [9.17, 15) is 4.79 Å². The van der Waals surface area contributed by atoms with E-state index in [0.717, 1.165) is 5.56 Å². The Morgan fingerprint density at radius 1 is 1.08 bits per heavy atom. The molecule has 0 aliphatic heterocycles. The summed E-state index contributed by atoms with van der Waals surface area (Å²) >= 11 is 6.08. The van der Waals surface area contributed by atoms with Crippen LogP contribution >= 0.6 is 11.6 Å². The van der Waals surface area contributed by atoms with E-state index in [4.69, 9.17) is 25.8 Å². The van der Waals surface area contributed by atoms with Gasteiger partial charge in [0.25, 0.3) is 5.91 Å². The summed E-state index contributed by atoms with van der Waals surface area (Å²) in [4.78, 5) is 12.4. The van der Waals surface area contributed by atoms with Gasteiger partial charge in [-0.25, -0.2) is 0 Å². The Morgan fingerprint density at radius 2 is 1.80 bits per heavy atom. The van der Waals surface area contributed by atoms with Crippen LogP contribution in [0.2, 0.25) is 5.02 Å². The Labute approximate surface area is 152 Å². The molecule has 25 heavy (non-hydrogen) atoms. The van der Waals surface area contributed by atoms with Gasteiger partial charge in [0.2, 0.25) is 0 Å². The van der Waals surface area contributed by atoms with Crippen molar-refractivity contribution in [2.75, 3.05) is 14.2 Å². The van der Waals surface area contributed by atoms with E-state index in [-0.39, 0.29) is 5.91 Å². The van der Waals surface area contributed by atoms with Crippen molar-refractivity contribution in [2.24, 2.45) is 0 Å². The van der Waals surface area contributed by atoms with Crippen molar-refractivity contribution in [3.05, 3.63) is 53.1 Å². The van der Waals surface area contributed by atoms with Crippen molar-refractivity contribution in [3.8, 4) is 17.2 Å². The molecule has 2 aromatic rings. The fourth-order valence-corrected chi connectivity index (χ4v) is 2.49. The lowest BCUT2D eigenvalue weighted by molar-refractivity contribution is -0.128. The number of amides is 1. The zero-order chi connectivity index (χ0) is 18.2. The highest BCUT2D eigenvalue weighted by atomic mass is 35.5. The van der Waals surface area contributed by atoms with Crippen LogP contribution in [0.1, 0.15) is 18.9 Å². The molecule has 0 saturated carbocycles. The van der Waals surface area contributed by atoms with Crippen molar-refractivity contribution in [3.63, 3.8) is 0 Å². The summed E-state index contributed by atoms with van der Waals surface area (Å²) in [6, 6.07) is 12.6. The van der Waals surface area contributed by atoms with Crippen LogP contribution in [0.4, 0.5) is 0 Å². The number of carbonyl (C=O) groups is 1. The molecule has 1 N–H and O–H groups in total. The first-order chi connectivity index (χ1) is 12.1. The Balaban J connectivity index is 1.99. The van der Waals surface area contributed by atoms with E-state index < -0.39 is 6.10 Å². The third kappa shape index (κ3) is 5.03. The van der Waals surface area contributed by atoms with Crippen molar-refractivity contribution in [1.29, 1.82) is 0 Å². The first-order valence-corrected chi connectivity index (χ1v) is 8.36. The highest BCUT2D eigenvalue weighted by Crippen LogP contribution is 2.27. The number of hydrogen-bond donors (Lipinski definition) is 1. The summed E-state index contributed by atoms with van der Waals surface area (Å²) in [7, 11) is 3.15. The monoisotopic (exact) mass is 363 g/mol. The van der Waals surface area contributed by atoms with E-state index in [1.165, 1.54) is 0 Å². The maximum atomic E-state index is 12.4. The van der Waals surface area contributed by atoms with Gasteiger partial charge in [-0.05, 0) is 36.2 Å². The normalized spacial score (nSPS) is 11.5. The maximum Gasteiger partial charge on any atom is 0.261 e. The van der Waals surface area contributed by atoms with Crippen LogP contribution in [-0.4, -0.2) is 26.2 Å². The third-order valence-corrected chi connectivity index (χ3v) is 4.00. The average molecular weight is 364 g/mol. The second-order valence-electron chi connectivity index (χ2n) is 5.35. The molecule has 134 valence electrons. The van der Waals surface area contributed by atoms with Crippen LogP contribution in [-0.2, 0) is 11.3 Å². The molecule has 1 amide bonds. The first kappa shape index (κ1) is 18.9. The van der Waals surface area contributed by atoms with Crippen LogP contribution in [0.25, 0.3) is 0 Å². The standard InChI is InChI=1S/C19H22ClNO4/c1-4-15(25-16-8-6-5-7-14(16)20)19(22)21-12-13-9-10-17(23-2)18(11-13)24-3/h5-11,15H,4,12H2,1-3H3,(H,21,22). The zero-order valence-corrected chi connectivity index (χ0v) is 15.3. The number of carbonyl (C=O) groups excluding carboxylic acids is 1. The molecule has 1 unspecified atom stereocenters. The Morgan fingerprint density at radius 3 is 2.44 bits per heavy atom. The number of hydrogen-bond acceptors (Lipinski definition) is 4. The fraction of sp³-hybridized carbons (Fsp3) is 0.316. The third-order valence-electron chi connectivity index (χ3n) is 3.68. The number of ether oxygens (including phenoxy) is 3. The predicted molar refractivity (Wildman–Crippen MR) is 97.6 cm³/mol. The zero-order valence-electron chi connectivity index (χ0n) is 14.5. The van der Waals surface area contributed by atoms with E-state index in [0.29, 0.717) is 35.2 Å². The van der Waals surface area contributed by atoms with E-state index in [1.807, 2.05) is 31.2 Å². The van der Waals surface area contributed by atoms with Gasteiger partial charge in [0.05, 0.1) is 19.2 Å². The van der Waals surface area contributed by atoms with E-state index in [1.54, 1.807) is 32.4 Å². The Hall–Kier alpha value is -2.40. The Bertz CT molecular complexity index is 720. The summed E-state index contributed by atoms with van der Waals surface area (Å²) in [5.41, 5.74) is 0.901. The van der Waals surface area contributed by atoms with Crippen molar-refractivity contribution >= 4 is 17.5 Å². The van der Waals surface area contributed by atoms with Crippen LogP contribution < -0.4 is 19.5 Å². The van der Waals surface area contributed by atoms with Gasteiger partial charge in [0.1, 0.15) is 5.75 Å². The Kier molecular flexibility index (Phi) is 6.95. The summed E-state index contributed by atoms with van der Waals surface area (Å²) in [5.74, 6) is 1.56. The number of rotatable bonds is 8. The summed E-state index contributed by atoms with van der Waals surface area (Å²) in [6.07, 6.45) is -0.0803. The summed E-state index contributed by atoms with van der Waals surface area (Å²) in [6.45, 7) is 2.25. The molecule has 0 aromatic heterocycles. The number of para-hydroxylation sites is 1. The molecule has 0 bridgehead atoms. The summed E-state index contributed by atoms with van der Waals surface area (Å²) < 4.78 is 16.2. The molecule has 2 rings (SSSR count). The molecule has 0 fully saturated rings. The predicted octanol–water partition coefficient (Wildman–Crippen LogP) is 3.83. The molecule has 0 aliphatic carbocycles. The van der Waals surface area contributed by atoms with Gasteiger partial charge in [-0.15, -0.1) is 0 Å². The number of nitrogens with one attached hydrogen (secondary N) is 1. The quantitative estimate of drug-likeness (QED) is 0.774. The van der Waals surface area contributed by atoms with Crippen molar-refractivity contribution in [1.82, 2.24) is 5.32 Å². The number of halogens is 1. The maximum absolute atomic E-state index is 12.4. The molecule has 0 aliphatic rings. The summed E-state index contributed by atoms with van der Waals surface area (Å²) in [5, 5.41) is 3.36. The SMILES string of the molecule is CCC(Oc1ccccc1Cl)C(=O)NCc1ccc(OC)c(OC)c1.